The van der Waals surface area contributed by atoms with Crippen LogP contribution in [0.5, 0.6) is 0 Å². The van der Waals surface area contributed by atoms with Crippen molar-refractivity contribution >= 4 is 6.08 Å². The third kappa shape index (κ3) is 3.87. The highest BCUT2D eigenvalue weighted by Crippen LogP contribution is 2.02. The first-order chi connectivity index (χ1) is 6.33. The molecule has 0 radical (unpaired) electrons. The van der Waals surface area contributed by atoms with Crippen molar-refractivity contribution in [2.24, 2.45) is 5.73 Å². The van der Waals surface area contributed by atoms with E-state index in [2.05, 4.69) is 0 Å². The van der Waals surface area contributed by atoms with Crippen molar-refractivity contribution in [2.45, 2.75) is 12.5 Å². The molecule has 1 unspecified atom stereocenters. The third-order valence-corrected chi connectivity index (χ3v) is 1.77. The first-order valence-electron chi connectivity index (χ1n) is 4.44. The molecule has 70 valence electrons. The monoisotopic (exact) mass is 177 g/mol. The van der Waals surface area contributed by atoms with E-state index < -0.39 is 6.10 Å². The molecule has 2 nitrogen and oxygen atoms in total. The van der Waals surface area contributed by atoms with Gasteiger partial charge in [-0.25, -0.2) is 0 Å². The highest BCUT2D eigenvalue weighted by molar-refractivity contribution is 5.49. The van der Waals surface area contributed by atoms with Gasteiger partial charge in [0.05, 0.1) is 6.10 Å². The molecule has 0 aliphatic rings. The van der Waals surface area contributed by atoms with Crippen LogP contribution in [0.3, 0.4) is 0 Å². The molecule has 2 heteroatoms. The Labute approximate surface area is 78.7 Å². The summed E-state index contributed by atoms with van der Waals surface area (Å²) < 4.78 is 0. The molecular weight excluding hydrogens is 162 g/mol. The van der Waals surface area contributed by atoms with Crippen molar-refractivity contribution in [3.05, 3.63) is 42.0 Å². The highest BCUT2D eigenvalue weighted by Gasteiger charge is 1.94. The molecule has 0 saturated heterocycles. The van der Waals surface area contributed by atoms with Gasteiger partial charge in [0.2, 0.25) is 0 Å². The van der Waals surface area contributed by atoms with Crippen molar-refractivity contribution < 1.29 is 5.11 Å². The molecule has 1 aromatic carbocycles. The van der Waals surface area contributed by atoms with E-state index in [1.165, 1.54) is 0 Å². The fourth-order valence-electron chi connectivity index (χ4n) is 1.05. The second kappa shape index (κ2) is 5.51. The summed E-state index contributed by atoms with van der Waals surface area (Å²) in [6.45, 7) is 0.514. The van der Waals surface area contributed by atoms with Crippen molar-refractivity contribution in [3.63, 3.8) is 0 Å². The summed E-state index contributed by atoms with van der Waals surface area (Å²) in [7, 11) is 0. The first-order valence-corrected chi connectivity index (χ1v) is 4.44. The van der Waals surface area contributed by atoms with Crippen molar-refractivity contribution in [1.29, 1.82) is 0 Å². The number of aliphatic hydroxyl groups excluding tert-OH is 1. The molecule has 3 N–H and O–H groups in total. The van der Waals surface area contributed by atoms with E-state index in [0.29, 0.717) is 13.0 Å². The van der Waals surface area contributed by atoms with E-state index in [9.17, 15) is 5.11 Å². The Balaban J connectivity index is 2.49. The van der Waals surface area contributed by atoms with Crippen LogP contribution < -0.4 is 5.73 Å². The number of benzene rings is 1. The van der Waals surface area contributed by atoms with Gasteiger partial charge in [0.1, 0.15) is 0 Å². The van der Waals surface area contributed by atoms with Crippen LogP contribution in [0.25, 0.3) is 6.08 Å². The lowest BCUT2D eigenvalue weighted by Crippen LogP contribution is -2.10. The molecule has 1 rings (SSSR count). The molecule has 0 bridgehead atoms. The molecule has 0 amide bonds. The molecule has 13 heavy (non-hydrogen) atoms. The molecule has 0 aliphatic carbocycles. The maximum Gasteiger partial charge on any atom is 0.0736 e. The number of rotatable bonds is 4. The average molecular weight is 177 g/mol. The highest BCUT2D eigenvalue weighted by atomic mass is 16.3. The summed E-state index contributed by atoms with van der Waals surface area (Å²) in [4.78, 5) is 0. The molecule has 1 atom stereocenters. The Morgan fingerprint density at radius 2 is 2.00 bits per heavy atom. The maximum absolute atomic E-state index is 9.34. The molecule has 0 aromatic heterocycles. The van der Waals surface area contributed by atoms with Crippen LogP contribution in [0, 0.1) is 0 Å². The minimum atomic E-state index is -0.426. The van der Waals surface area contributed by atoms with Gasteiger partial charge < -0.3 is 10.8 Å². The van der Waals surface area contributed by atoms with Gasteiger partial charge in [-0.3, -0.25) is 0 Å². The summed E-state index contributed by atoms with van der Waals surface area (Å²) >= 11 is 0. The smallest absolute Gasteiger partial charge is 0.0736 e. The predicted octanol–water partition coefficient (Wildman–Crippen LogP) is 1.41. The zero-order chi connectivity index (χ0) is 9.52. The van der Waals surface area contributed by atoms with Crippen LogP contribution >= 0.6 is 0 Å². The fourth-order valence-corrected chi connectivity index (χ4v) is 1.05. The van der Waals surface area contributed by atoms with Crippen LogP contribution in [0.4, 0.5) is 0 Å². The maximum atomic E-state index is 9.34. The van der Waals surface area contributed by atoms with Crippen molar-refractivity contribution in [3.8, 4) is 0 Å². The van der Waals surface area contributed by atoms with Gasteiger partial charge in [-0.15, -0.1) is 0 Å². The summed E-state index contributed by atoms with van der Waals surface area (Å²) in [5, 5.41) is 9.34. The third-order valence-electron chi connectivity index (χ3n) is 1.77. The second-order valence-corrected chi connectivity index (χ2v) is 2.91. The van der Waals surface area contributed by atoms with Gasteiger partial charge in [-0.05, 0) is 18.5 Å². The molecule has 1 aromatic rings. The standard InChI is InChI=1S/C11H15NO/c12-9-8-11(13)7-6-10-4-2-1-3-5-10/h1-7,11,13H,8-9,12H2/b7-6+. The predicted molar refractivity (Wildman–Crippen MR) is 55.2 cm³/mol. The normalized spacial score (nSPS) is 13.4. The number of hydrogen-bond donors (Lipinski definition) is 2. The summed E-state index contributed by atoms with van der Waals surface area (Å²) in [6, 6.07) is 9.88. The Hall–Kier alpha value is -1.12. The first kappa shape index (κ1) is 9.96. The molecule has 0 spiro atoms. The lowest BCUT2D eigenvalue weighted by Gasteiger charge is -2.01. The Bertz CT molecular complexity index is 256. The van der Waals surface area contributed by atoms with Gasteiger partial charge in [-0.2, -0.15) is 0 Å². The molecule has 0 fully saturated rings. The Kier molecular flexibility index (Phi) is 4.23. The van der Waals surface area contributed by atoms with Crippen molar-refractivity contribution in [2.75, 3.05) is 6.54 Å². The van der Waals surface area contributed by atoms with Crippen LogP contribution in [0.15, 0.2) is 36.4 Å². The van der Waals surface area contributed by atoms with E-state index >= 15 is 0 Å². The SMILES string of the molecule is NCCC(O)/C=C/c1ccccc1. The molecule has 0 heterocycles. The van der Waals surface area contributed by atoms with Gasteiger partial charge in [0.25, 0.3) is 0 Å². The van der Waals surface area contributed by atoms with E-state index in [1.54, 1.807) is 6.08 Å². The fraction of sp³-hybridized carbons (Fsp3) is 0.273. The zero-order valence-corrected chi connectivity index (χ0v) is 7.56. The van der Waals surface area contributed by atoms with E-state index in [1.807, 2.05) is 36.4 Å². The summed E-state index contributed by atoms with van der Waals surface area (Å²) in [6.07, 6.45) is 3.86. The molecule has 0 aliphatic heterocycles. The van der Waals surface area contributed by atoms with E-state index in [0.717, 1.165) is 5.56 Å². The van der Waals surface area contributed by atoms with Crippen LogP contribution in [0.1, 0.15) is 12.0 Å². The topological polar surface area (TPSA) is 46.2 Å². The minimum absolute atomic E-state index is 0.426. The van der Waals surface area contributed by atoms with Gasteiger partial charge in [0, 0.05) is 0 Å². The van der Waals surface area contributed by atoms with E-state index in [4.69, 9.17) is 5.73 Å². The summed E-state index contributed by atoms with van der Waals surface area (Å²) in [5.41, 5.74) is 6.40. The van der Waals surface area contributed by atoms with Crippen molar-refractivity contribution in [1.82, 2.24) is 0 Å². The van der Waals surface area contributed by atoms with Gasteiger partial charge in [0.15, 0.2) is 0 Å². The largest absolute Gasteiger partial charge is 0.389 e. The van der Waals surface area contributed by atoms with Gasteiger partial charge in [-0.1, -0.05) is 42.5 Å². The number of aliphatic hydroxyl groups is 1. The lowest BCUT2D eigenvalue weighted by molar-refractivity contribution is 0.216. The minimum Gasteiger partial charge on any atom is -0.389 e. The Morgan fingerprint density at radius 1 is 1.31 bits per heavy atom. The summed E-state index contributed by atoms with van der Waals surface area (Å²) in [5.74, 6) is 0. The zero-order valence-electron chi connectivity index (χ0n) is 7.56. The molecular formula is C11H15NO. The van der Waals surface area contributed by atoms with Gasteiger partial charge >= 0.3 is 0 Å². The quantitative estimate of drug-likeness (QED) is 0.730. The lowest BCUT2D eigenvalue weighted by atomic mass is 10.1. The molecule has 0 saturated carbocycles. The number of hydrogen-bond acceptors (Lipinski definition) is 2. The van der Waals surface area contributed by atoms with Crippen LogP contribution in [-0.2, 0) is 0 Å². The second-order valence-electron chi connectivity index (χ2n) is 2.91. The van der Waals surface area contributed by atoms with E-state index in [-0.39, 0.29) is 0 Å². The Morgan fingerprint density at radius 3 is 2.62 bits per heavy atom. The van der Waals surface area contributed by atoms with Crippen LogP contribution in [0.2, 0.25) is 0 Å². The van der Waals surface area contributed by atoms with Crippen LogP contribution in [-0.4, -0.2) is 17.8 Å². The average Bonchev–Trinajstić information content (AvgIpc) is 2.17. The number of nitrogens with two attached hydrogens (primary N) is 1.